The van der Waals surface area contributed by atoms with Crippen LogP contribution in [-0.2, 0) is 4.79 Å². The van der Waals surface area contributed by atoms with Crippen molar-refractivity contribution in [3.8, 4) is 11.5 Å². The van der Waals surface area contributed by atoms with Crippen molar-refractivity contribution in [2.45, 2.75) is 31.4 Å². The van der Waals surface area contributed by atoms with E-state index < -0.39 is 5.97 Å². The van der Waals surface area contributed by atoms with Gasteiger partial charge in [-0.3, -0.25) is 0 Å². The molecule has 35 heavy (non-hydrogen) atoms. The second-order valence-corrected chi connectivity index (χ2v) is 9.02. The lowest BCUT2D eigenvalue weighted by atomic mass is 9.84. The number of carbonyl (C=O) groups is 1. The molecule has 0 spiro atoms. The van der Waals surface area contributed by atoms with Gasteiger partial charge in [0.25, 0.3) is 0 Å². The van der Waals surface area contributed by atoms with Crippen LogP contribution in [0.3, 0.4) is 0 Å². The first-order chi connectivity index (χ1) is 17.1. The number of fused-ring (bicyclic) bond motifs is 2. The number of nitrogens with one attached hydrogen (secondary N) is 1. The molecule has 3 atom stereocenters. The number of hydrogen-bond donors (Lipinski definition) is 2. The molecule has 0 saturated heterocycles. The summed E-state index contributed by atoms with van der Waals surface area (Å²) >= 11 is 0. The molecule has 0 radical (unpaired) electrons. The van der Waals surface area contributed by atoms with Crippen molar-refractivity contribution in [1.29, 1.82) is 0 Å². The summed E-state index contributed by atoms with van der Waals surface area (Å²) in [5, 5.41) is 15.2. The second-order valence-electron chi connectivity index (χ2n) is 9.02. The molecule has 1 heterocycles. The van der Waals surface area contributed by atoms with Gasteiger partial charge in [-0.25, -0.2) is 4.79 Å². The fourth-order valence-electron chi connectivity index (χ4n) is 4.95. The van der Waals surface area contributed by atoms with Gasteiger partial charge in [-0.1, -0.05) is 72.8 Å². The van der Waals surface area contributed by atoms with Crippen LogP contribution in [0.25, 0.3) is 10.8 Å². The van der Waals surface area contributed by atoms with Gasteiger partial charge in [-0.15, -0.1) is 0 Å². The molecule has 0 aliphatic carbocycles. The fraction of sp³-hybridized carbons (Fsp3) is 0.233. The van der Waals surface area contributed by atoms with Gasteiger partial charge in [0.05, 0.1) is 0 Å². The number of benzene rings is 4. The molecule has 2 N–H and O–H groups in total. The van der Waals surface area contributed by atoms with E-state index in [2.05, 4.69) is 66.8 Å². The molecule has 5 nitrogen and oxygen atoms in total. The normalized spacial score (nSPS) is 17.9. The Bertz CT molecular complexity index is 1330. The predicted molar refractivity (Wildman–Crippen MR) is 137 cm³/mol. The van der Waals surface area contributed by atoms with E-state index in [9.17, 15) is 4.79 Å². The van der Waals surface area contributed by atoms with Gasteiger partial charge in [0.2, 0.25) is 0 Å². The Kier molecular flexibility index (Phi) is 6.68. The minimum absolute atomic E-state index is 0.00378. The Morgan fingerprint density at radius 1 is 1.03 bits per heavy atom. The van der Waals surface area contributed by atoms with Gasteiger partial charge in [0.1, 0.15) is 17.6 Å². The minimum atomic E-state index is -0.988. The third-order valence-corrected chi connectivity index (χ3v) is 6.65. The first-order valence-corrected chi connectivity index (χ1v) is 12.0. The maximum Gasteiger partial charge on any atom is 0.341 e. The molecule has 0 fully saturated rings. The number of rotatable bonds is 8. The van der Waals surface area contributed by atoms with E-state index in [0.29, 0.717) is 12.3 Å². The number of hydrogen-bond acceptors (Lipinski definition) is 4. The van der Waals surface area contributed by atoms with Crippen LogP contribution in [0.4, 0.5) is 0 Å². The lowest BCUT2D eigenvalue weighted by molar-refractivity contribution is -0.139. The molecule has 0 bridgehead atoms. The molecule has 1 aliphatic heterocycles. The van der Waals surface area contributed by atoms with E-state index in [1.807, 2.05) is 30.3 Å². The van der Waals surface area contributed by atoms with E-state index in [1.165, 1.54) is 16.3 Å². The largest absolute Gasteiger partial charge is 0.489 e. The highest BCUT2D eigenvalue weighted by molar-refractivity contribution is 5.86. The zero-order chi connectivity index (χ0) is 24.2. The summed E-state index contributed by atoms with van der Waals surface area (Å²) in [6, 6.07) is 31.0. The summed E-state index contributed by atoms with van der Waals surface area (Å²) in [5.41, 5.74) is 3.51. The van der Waals surface area contributed by atoms with E-state index in [0.717, 1.165) is 23.3 Å². The lowest BCUT2D eigenvalue weighted by Crippen LogP contribution is -2.37. The average molecular weight is 468 g/mol. The van der Waals surface area contributed by atoms with Crippen molar-refractivity contribution in [2.24, 2.45) is 0 Å². The van der Waals surface area contributed by atoms with Crippen molar-refractivity contribution in [1.82, 2.24) is 5.32 Å². The molecular weight excluding hydrogens is 438 g/mol. The first-order valence-electron chi connectivity index (χ1n) is 12.0. The monoisotopic (exact) mass is 467 g/mol. The van der Waals surface area contributed by atoms with Gasteiger partial charge in [0, 0.05) is 24.1 Å². The van der Waals surface area contributed by atoms with Gasteiger partial charge in [-0.2, -0.15) is 0 Å². The van der Waals surface area contributed by atoms with Crippen molar-refractivity contribution in [3.63, 3.8) is 0 Å². The van der Waals surface area contributed by atoms with Gasteiger partial charge in [0.15, 0.2) is 6.61 Å². The SMILES string of the molecule is CC(NCC1CC(c2cccc(OCC(=O)O)c2)c2ccccc2O1)c1cccc2ccccc12. The molecule has 0 amide bonds. The van der Waals surface area contributed by atoms with E-state index in [-0.39, 0.29) is 24.7 Å². The van der Waals surface area contributed by atoms with Gasteiger partial charge >= 0.3 is 5.97 Å². The van der Waals surface area contributed by atoms with E-state index in [1.54, 1.807) is 6.07 Å². The van der Waals surface area contributed by atoms with Crippen LogP contribution in [0.15, 0.2) is 91.0 Å². The highest BCUT2D eigenvalue weighted by Crippen LogP contribution is 2.41. The summed E-state index contributed by atoms with van der Waals surface area (Å²) in [4.78, 5) is 10.9. The van der Waals surface area contributed by atoms with Crippen molar-refractivity contribution in [3.05, 3.63) is 108 Å². The molecule has 0 saturated carbocycles. The molecular formula is C30H29NO4. The van der Waals surface area contributed by atoms with E-state index in [4.69, 9.17) is 14.6 Å². The molecule has 0 aromatic heterocycles. The molecule has 178 valence electrons. The molecule has 5 rings (SSSR count). The van der Waals surface area contributed by atoms with Gasteiger partial charge < -0.3 is 19.9 Å². The minimum Gasteiger partial charge on any atom is -0.489 e. The number of carboxylic acids is 1. The molecule has 1 aliphatic rings. The first kappa shape index (κ1) is 22.9. The highest BCUT2D eigenvalue weighted by atomic mass is 16.5. The predicted octanol–water partition coefficient (Wildman–Crippen LogP) is 5.94. The quantitative estimate of drug-likeness (QED) is 0.336. The Balaban J connectivity index is 1.34. The Morgan fingerprint density at radius 2 is 1.80 bits per heavy atom. The molecule has 3 unspecified atom stereocenters. The highest BCUT2D eigenvalue weighted by Gasteiger charge is 2.29. The Hall–Kier alpha value is -3.83. The van der Waals surface area contributed by atoms with Gasteiger partial charge in [-0.05, 0) is 53.4 Å². The van der Waals surface area contributed by atoms with Crippen LogP contribution in [0, 0.1) is 0 Å². The Labute approximate surface area is 205 Å². The topological polar surface area (TPSA) is 67.8 Å². The summed E-state index contributed by atoms with van der Waals surface area (Å²) in [6.45, 7) is 2.55. The van der Waals surface area contributed by atoms with Crippen LogP contribution in [0.1, 0.15) is 42.0 Å². The summed E-state index contributed by atoms with van der Waals surface area (Å²) in [5.74, 6) is 0.601. The van der Waals surface area contributed by atoms with Crippen molar-refractivity contribution >= 4 is 16.7 Å². The zero-order valence-electron chi connectivity index (χ0n) is 19.7. The average Bonchev–Trinajstić information content (AvgIpc) is 2.90. The molecule has 4 aromatic rings. The third kappa shape index (κ3) is 5.15. The molecule has 4 aromatic carbocycles. The number of aliphatic carboxylic acids is 1. The summed E-state index contributed by atoms with van der Waals surface area (Å²) < 4.78 is 11.8. The van der Waals surface area contributed by atoms with Crippen molar-refractivity contribution in [2.75, 3.05) is 13.2 Å². The Morgan fingerprint density at radius 3 is 2.69 bits per heavy atom. The van der Waals surface area contributed by atoms with E-state index >= 15 is 0 Å². The van der Waals surface area contributed by atoms with Crippen LogP contribution in [0.5, 0.6) is 11.5 Å². The summed E-state index contributed by atoms with van der Waals surface area (Å²) in [7, 11) is 0. The van der Waals surface area contributed by atoms with Crippen LogP contribution in [-0.4, -0.2) is 30.3 Å². The smallest absolute Gasteiger partial charge is 0.341 e. The number of ether oxygens (including phenoxy) is 2. The maximum absolute atomic E-state index is 10.9. The summed E-state index contributed by atoms with van der Waals surface area (Å²) in [6.07, 6.45) is 0.810. The number of carboxylic acid groups (broad SMARTS) is 1. The van der Waals surface area contributed by atoms with Crippen LogP contribution >= 0.6 is 0 Å². The molecule has 5 heteroatoms. The maximum atomic E-state index is 10.9. The van der Waals surface area contributed by atoms with Crippen LogP contribution in [0.2, 0.25) is 0 Å². The zero-order valence-corrected chi connectivity index (χ0v) is 19.7. The standard InChI is InChI=1S/C30H29NO4/c1-20(25-14-7-9-21-8-2-3-12-26(21)25)31-18-24-17-28(27-13-4-5-15-29(27)35-24)22-10-6-11-23(16-22)34-19-30(32)33/h2-16,20,24,28,31H,17-19H2,1H3,(H,32,33). The fourth-order valence-corrected chi connectivity index (χ4v) is 4.95. The third-order valence-electron chi connectivity index (χ3n) is 6.65. The number of para-hydroxylation sites is 1. The lowest BCUT2D eigenvalue weighted by Gasteiger charge is -2.33. The van der Waals surface area contributed by atoms with Crippen molar-refractivity contribution < 1.29 is 19.4 Å². The second kappa shape index (κ2) is 10.2. The van der Waals surface area contributed by atoms with Crippen LogP contribution < -0.4 is 14.8 Å².